The van der Waals surface area contributed by atoms with Gasteiger partial charge in [-0.2, -0.15) is 5.10 Å². The molecule has 3 heterocycles. The predicted molar refractivity (Wildman–Crippen MR) is 107 cm³/mol. The molecule has 0 saturated carbocycles. The minimum Gasteiger partial charge on any atom is -0.317 e. The molecular formula is C19H20F3N5O3S. The van der Waals surface area contributed by atoms with E-state index in [4.69, 9.17) is 0 Å². The molecule has 1 fully saturated rings. The number of rotatable bonds is 4. The number of aromatic nitrogens is 2. The van der Waals surface area contributed by atoms with Gasteiger partial charge in [0.2, 0.25) is 5.91 Å². The molecule has 2 aliphatic heterocycles. The third-order valence-corrected chi connectivity index (χ3v) is 6.28. The molecule has 31 heavy (non-hydrogen) atoms. The minimum absolute atomic E-state index is 0.0138. The lowest BCUT2D eigenvalue weighted by molar-refractivity contribution is -0.117. The Hall–Kier alpha value is -2.89. The van der Waals surface area contributed by atoms with E-state index in [0.717, 1.165) is 0 Å². The van der Waals surface area contributed by atoms with Crippen LogP contribution in [0.25, 0.3) is 0 Å². The number of benzene rings is 1. The van der Waals surface area contributed by atoms with Gasteiger partial charge >= 0.3 is 6.03 Å². The molecule has 1 saturated heterocycles. The van der Waals surface area contributed by atoms with Crippen molar-refractivity contribution in [2.75, 3.05) is 35.3 Å². The van der Waals surface area contributed by atoms with E-state index in [2.05, 4.69) is 10.4 Å². The van der Waals surface area contributed by atoms with Gasteiger partial charge in [-0.25, -0.2) is 18.0 Å². The van der Waals surface area contributed by atoms with Crippen molar-refractivity contribution in [1.82, 2.24) is 14.7 Å². The standard InChI is InChI=1S/C19H20F3N5O3S/c1-31(30)10-11-4-17(28)26(8-11)15-7-23-27-3-2-25(9-16(15)27)19(29)24-12-5-13(20)18(22)14(21)6-12/h5-7,11H,2-4,8-10H2,1H3,(H,24,29). The quantitative estimate of drug-likeness (QED) is 0.716. The molecule has 4 rings (SSSR count). The van der Waals surface area contributed by atoms with Gasteiger partial charge in [-0.3, -0.25) is 13.7 Å². The van der Waals surface area contributed by atoms with E-state index in [-0.39, 0.29) is 30.6 Å². The molecule has 12 heteroatoms. The number of carbonyl (C=O) groups excluding carboxylic acids is 2. The zero-order valence-electron chi connectivity index (χ0n) is 16.6. The monoisotopic (exact) mass is 455 g/mol. The Morgan fingerprint density at radius 2 is 1.97 bits per heavy atom. The average molecular weight is 455 g/mol. The van der Waals surface area contributed by atoms with Gasteiger partial charge in [0.1, 0.15) is 0 Å². The number of fused-ring (bicyclic) bond motifs is 1. The first kappa shape index (κ1) is 21.3. The minimum atomic E-state index is -1.61. The number of carbonyl (C=O) groups is 2. The lowest BCUT2D eigenvalue weighted by Crippen LogP contribution is -2.41. The number of amides is 3. The Morgan fingerprint density at radius 1 is 1.26 bits per heavy atom. The van der Waals surface area contributed by atoms with Crippen LogP contribution in [0.1, 0.15) is 12.1 Å². The van der Waals surface area contributed by atoms with E-state index in [0.29, 0.717) is 48.8 Å². The molecule has 2 atom stereocenters. The topological polar surface area (TPSA) is 87.5 Å². The van der Waals surface area contributed by atoms with Crippen LogP contribution >= 0.6 is 0 Å². The molecule has 0 radical (unpaired) electrons. The Bertz CT molecular complexity index is 1050. The number of halogens is 3. The van der Waals surface area contributed by atoms with Gasteiger partial charge in [0, 0.05) is 60.1 Å². The maximum absolute atomic E-state index is 13.4. The summed E-state index contributed by atoms with van der Waals surface area (Å²) in [7, 11) is -1.01. The molecule has 0 bridgehead atoms. The van der Waals surface area contributed by atoms with Crippen LogP contribution in [-0.2, 0) is 28.7 Å². The Balaban J connectivity index is 1.49. The van der Waals surface area contributed by atoms with E-state index in [1.807, 2.05) is 0 Å². The molecule has 2 unspecified atom stereocenters. The highest BCUT2D eigenvalue weighted by Crippen LogP contribution is 2.31. The first-order valence-corrected chi connectivity index (χ1v) is 11.3. The smallest absolute Gasteiger partial charge is 0.317 e. The molecule has 166 valence electrons. The van der Waals surface area contributed by atoms with E-state index >= 15 is 0 Å². The third kappa shape index (κ3) is 4.29. The van der Waals surface area contributed by atoms with Crippen molar-refractivity contribution in [2.24, 2.45) is 5.92 Å². The summed E-state index contributed by atoms with van der Waals surface area (Å²) < 4.78 is 53.2. The fraction of sp³-hybridized carbons (Fsp3) is 0.421. The van der Waals surface area contributed by atoms with Crippen LogP contribution in [0.2, 0.25) is 0 Å². The number of hydrogen-bond acceptors (Lipinski definition) is 4. The van der Waals surface area contributed by atoms with E-state index in [1.54, 1.807) is 22.0 Å². The van der Waals surface area contributed by atoms with E-state index in [1.165, 1.54) is 4.90 Å². The normalized spacial score (nSPS) is 19.5. The predicted octanol–water partition coefficient (Wildman–Crippen LogP) is 2.08. The Morgan fingerprint density at radius 3 is 2.65 bits per heavy atom. The lowest BCUT2D eigenvalue weighted by Gasteiger charge is -2.29. The summed E-state index contributed by atoms with van der Waals surface area (Å²) in [5.74, 6) is -4.07. The highest BCUT2D eigenvalue weighted by atomic mass is 32.2. The molecule has 1 N–H and O–H groups in total. The van der Waals surface area contributed by atoms with Crippen LogP contribution in [0.3, 0.4) is 0 Å². The van der Waals surface area contributed by atoms with Gasteiger partial charge in [-0.1, -0.05) is 0 Å². The number of urea groups is 1. The highest BCUT2D eigenvalue weighted by molar-refractivity contribution is 7.84. The van der Waals surface area contributed by atoms with Crippen LogP contribution in [0, 0.1) is 23.4 Å². The maximum atomic E-state index is 13.4. The van der Waals surface area contributed by atoms with Crippen LogP contribution < -0.4 is 10.2 Å². The first-order chi connectivity index (χ1) is 14.7. The second-order valence-corrected chi connectivity index (χ2v) is 9.10. The van der Waals surface area contributed by atoms with Crippen molar-refractivity contribution in [3.8, 4) is 0 Å². The number of hydrogen-bond donors (Lipinski definition) is 1. The molecule has 1 aromatic carbocycles. The average Bonchev–Trinajstić information content (AvgIpc) is 3.27. The summed E-state index contributed by atoms with van der Waals surface area (Å²) in [6, 6.07) is 0.795. The van der Waals surface area contributed by atoms with Crippen molar-refractivity contribution < 1.29 is 27.0 Å². The van der Waals surface area contributed by atoms with Crippen LogP contribution in [-0.4, -0.2) is 55.9 Å². The number of nitrogens with zero attached hydrogens (tertiary/aromatic N) is 4. The molecule has 2 aromatic rings. The summed E-state index contributed by atoms with van der Waals surface area (Å²) in [5.41, 5.74) is 1.04. The largest absolute Gasteiger partial charge is 0.322 e. The third-order valence-electron chi connectivity index (χ3n) is 5.34. The van der Waals surface area contributed by atoms with Crippen molar-refractivity contribution in [3.63, 3.8) is 0 Å². The fourth-order valence-electron chi connectivity index (χ4n) is 3.92. The van der Waals surface area contributed by atoms with E-state index in [9.17, 15) is 27.0 Å². The summed E-state index contributed by atoms with van der Waals surface area (Å²) in [6.07, 6.45) is 3.48. The van der Waals surface area contributed by atoms with Crippen LogP contribution in [0.5, 0.6) is 0 Å². The van der Waals surface area contributed by atoms with Gasteiger partial charge in [-0.15, -0.1) is 0 Å². The van der Waals surface area contributed by atoms with Crippen LogP contribution in [0.15, 0.2) is 18.3 Å². The van der Waals surface area contributed by atoms with Crippen molar-refractivity contribution >= 4 is 34.1 Å². The Labute approximate surface area is 178 Å². The number of anilines is 2. The van der Waals surface area contributed by atoms with E-state index < -0.39 is 34.3 Å². The summed E-state index contributed by atoms with van der Waals surface area (Å²) >= 11 is 0. The van der Waals surface area contributed by atoms with Gasteiger partial charge in [0.15, 0.2) is 17.5 Å². The lowest BCUT2D eigenvalue weighted by atomic mass is 10.1. The zero-order valence-corrected chi connectivity index (χ0v) is 17.4. The highest BCUT2D eigenvalue weighted by Gasteiger charge is 2.35. The van der Waals surface area contributed by atoms with Crippen LogP contribution in [0.4, 0.5) is 29.3 Å². The molecule has 0 spiro atoms. The number of nitrogens with one attached hydrogen (secondary N) is 1. The maximum Gasteiger partial charge on any atom is 0.322 e. The zero-order chi connectivity index (χ0) is 22.3. The van der Waals surface area contributed by atoms with Gasteiger partial charge in [0.25, 0.3) is 0 Å². The van der Waals surface area contributed by atoms with Crippen molar-refractivity contribution in [2.45, 2.75) is 19.5 Å². The molecule has 8 nitrogen and oxygen atoms in total. The second-order valence-electron chi connectivity index (χ2n) is 7.62. The molecule has 0 aliphatic carbocycles. The summed E-state index contributed by atoms with van der Waals surface area (Å²) in [5, 5.41) is 6.66. The van der Waals surface area contributed by atoms with Gasteiger partial charge in [0.05, 0.1) is 30.7 Å². The SMILES string of the molecule is CS(=O)CC1CC(=O)N(c2cnn3c2CN(C(=O)Nc2cc(F)c(F)c(F)c2)CC3)C1. The molecule has 2 aliphatic rings. The van der Waals surface area contributed by atoms with Crippen molar-refractivity contribution in [3.05, 3.63) is 41.5 Å². The molecular weight excluding hydrogens is 435 g/mol. The Kier molecular flexibility index (Phi) is 5.73. The summed E-state index contributed by atoms with van der Waals surface area (Å²) in [4.78, 5) is 28.1. The second kappa shape index (κ2) is 8.33. The fourth-order valence-corrected chi connectivity index (χ4v) is 4.81. The first-order valence-electron chi connectivity index (χ1n) is 9.58. The van der Waals surface area contributed by atoms with Gasteiger partial charge in [-0.05, 0) is 5.92 Å². The molecule has 1 aromatic heterocycles. The molecule has 3 amide bonds. The summed E-state index contributed by atoms with van der Waals surface area (Å²) in [6.45, 7) is 1.22. The van der Waals surface area contributed by atoms with Crippen molar-refractivity contribution in [1.29, 1.82) is 0 Å². The van der Waals surface area contributed by atoms with Gasteiger partial charge < -0.3 is 15.1 Å².